The average Bonchev–Trinajstić information content (AvgIpc) is 2.68. The quantitative estimate of drug-likeness (QED) is 0.656. The van der Waals surface area contributed by atoms with Gasteiger partial charge in [-0.05, 0) is 43.5 Å². The van der Waals surface area contributed by atoms with Crippen LogP contribution in [0.15, 0.2) is 48.5 Å². The normalized spacial score (nSPS) is 11.1. The van der Waals surface area contributed by atoms with Gasteiger partial charge in [0, 0.05) is 6.54 Å². The van der Waals surface area contributed by atoms with Crippen LogP contribution in [0, 0.1) is 5.41 Å². The van der Waals surface area contributed by atoms with Crippen LogP contribution in [0.2, 0.25) is 0 Å². The zero-order valence-corrected chi connectivity index (χ0v) is 16.5. The molecule has 0 atom stereocenters. The van der Waals surface area contributed by atoms with Crippen LogP contribution >= 0.6 is 0 Å². The van der Waals surface area contributed by atoms with Gasteiger partial charge in [-0.25, -0.2) is 4.79 Å². The molecule has 0 bridgehead atoms. The molecule has 0 saturated heterocycles. The molecular weight excluding hydrogens is 358 g/mol. The Kier molecular flexibility index (Phi) is 7.58. The second-order valence-electron chi connectivity index (χ2n) is 7.20. The van der Waals surface area contributed by atoms with Gasteiger partial charge in [0.2, 0.25) is 5.91 Å². The van der Waals surface area contributed by atoms with E-state index in [0.717, 1.165) is 11.1 Å². The number of carboxylic acid groups (broad SMARTS) is 1. The van der Waals surface area contributed by atoms with Crippen LogP contribution in [0.25, 0.3) is 0 Å². The Morgan fingerprint density at radius 3 is 2.46 bits per heavy atom. The van der Waals surface area contributed by atoms with Gasteiger partial charge in [-0.2, -0.15) is 0 Å². The van der Waals surface area contributed by atoms with Crippen LogP contribution in [0.1, 0.15) is 35.3 Å². The predicted molar refractivity (Wildman–Crippen MR) is 107 cm³/mol. The van der Waals surface area contributed by atoms with Crippen molar-refractivity contribution in [2.75, 3.05) is 20.3 Å². The summed E-state index contributed by atoms with van der Waals surface area (Å²) in [7, 11) is 1.50. The Morgan fingerprint density at radius 1 is 1.11 bits per heavy atom. The van der Waals surface area contributed by atoms with Gasteiger partial charge in [0.1, 0.15) is 5.75 Å². The number of benzene rings is 2. The average molecular weight is 385 g/mol. The maximum atomic E-state index is 12.5. The van der Waals surface area contributed by atoms with Gasteiger partial charge >= 0.3 is 5.97 Å². The molecule has 2 aromatic carbocycles. The number of methoxy groups -OCH3 is 1. The minimum absolute atomic E-state index is 0.0957. The number of amides is 1. The van der Waals surface area contributed by atoms with Crippen LogP contribution in [0.4, 0.5) is 0 Å². The summed E-state index contributed by atoms with van der Waals surface area (Å²) in [5, 5.41) is 12.0. The van der Waals surface area contributed by atoms with E-state index in [1.54, 1.807) is 6.07 Å². The van der Waals surface area contributed by atoms with Crippen molar-refractivity contribution in [3.63, 3.8) is 0 Å². The van der Waals surface area contributed by atoms with Gasteiger partial charge in [-0.3, -0.25) is 4.79 Å². The maximum absolute atomic E-state index is 12.5. The predicted octanol–water partition coefficient (Wildman–Crippen LogP) is 3.30. The number of hydrogen-bond donors (Lipinski definition) is 2. The van der Waals surface area contributed by atoms with E-state index in [1.165, 1.54) is 19.2 Å². The molecule has 0 spiro atoms. The van der Waals surface area contributed by atoms with Crippen molar-refractivity contribution in [3.8, 4) is 5.75 Å². The fourth-order valence-electron chi connectivity index (χ4n) is 2.70. The van der Waals surface area contributed by atoms with E-state index >= 15 is 0 Å². The van der Waals surface area contributed by atoms with Gasteiger partial charge in [-0.1, -0.05) is 36.4 Å². The van der Waals surface area contributed by atoms with Crippen LogP contribution in [-0.4, -0.2) is 37.2 Å². The molecule has 0 aliphatic carbocycles. The summed E-state index contributed by atoms with van der Waals surface area (Å²) in [5.74, 6) is -0.600. The monoisotopic (exact) mass is 385 g/mol. The molecule has 2 N–H and O–H groups in total. The van der Waals surface area contributed by atoms with Crippen molar-refractivity contribution in [2.24, 2.45) is 5.41 Å². The van der Waals surface area contributed by atoms with Gasteiger partial charge in [0.25, 0.3) is 0 Å². The number of hydrogen-bond acceptors (Lipinski definition) is 4. The Hall–Kier alpha value is -2.86. The summed E-state index contributed by atoms with van der Waals surface area (Å²) >= 11 is 0. The number of nitrogens with one attached hydrogen (secondary N) is 1. The van der Waals surface area contributed by atoms with E-state index < -0.39 is 11.4 Å². The molecule has 6 heteroatoms. The Bertz CT molecular complexity index is 802. The van der Waals surface area contributed by atoms with E-state index in [0.29, 0.717) is 31.9 Å². The Labute approximate surface area is 165 Å². The molecule has 1 amide bonds. The Balaban J connectivity index is 1.83. The van der Waals surface area contributed by atoms with Crippen molar-refractivity contribution in [1.29, 1.82) is 0 Å². The summed E-state index contributed by atoms with van der Waals surface area (Å²) in [6.45, 7) is 4.88. The second-order valence-corrected chi connectivity index (χ2v) is 7.20. The lowest BCUT2D eigenvalue weighted by molar-refractivity contribution is -0.132. The third-order valence-corrected chi connectivity index (χ3v) is 4.40. The number of carbonyl (C=O) groups is 2. The largest absolute Gasteiger partial charge is 0.496 e. The van der Waals surface area contributed by atoms with E-state index in [-0.39, 0.29) is 11.5 Å². The number of aromatic carboxylic acids is 1. The molecule has 0 fully saturated rings. The molecular formula is C22H27NO5. The first-order valence-corrected chi connectivity index (χ1v) is 9.13. The van der Waals surface area contributed by atoms with Crippen LogP contribution in [0.5, 0.6) is 5.75 Å². The molecule has 0 radical (unpaired) electrons. The molecule has 2 aromatic rings. The number of carboxylic acids is 1. The zero-order chi connectivity index (χ0) is 20.6. The molecule has 2 rings (SSSR count). The van der Waals surface area contributed by atoms with Crippen LogP contribution in [-0.2, 0) is 22.6 Å². The molecule has 0 heterocycles. The van der Waals surface area contributed by atoms with Crippen molar-refractivity contribution < 1.29 is 24.2 Å². The molecule has 0 saturated carbocycles. The van der Waals surface area contributed by atoms with E-state index in [9.17, 15) is 9.59 Å². The smallest absolute Gasteiger partial charge is 0.335 e. The van der Waals surface area contributed by atoms with Crippen molar-refractivity contribution in [2.45, 2.75) is 26.9 Å². The maximum Gasteiger partial charge on any atom is 0.335 e. The lowest BCUT2D eigenvalue weighted by atomic mass is 9.93. The lowest BCUT2D eigenvalue weighted by Gasteiger charge is -2.23. The van der Waals surface area contributed by atoms with E-state index in [4.69, 9.17) is 14.6 Å². The SMILES string of the molecule is COc1cc(C(=O)O)ccc1CCNC(=O)C(C)(C)COCc1ccccc1. The third kappa shape index (κ3) is 6.09. The topological polar surface area (TPSA) is 84.9 Å². The van der Waals surface area contributed by atoms with Crippen molar-refractivity contribution in [3.05, 3.63) is 65.2 Å². The van der Waals surface area contributed by atoms with Crippen molar-refractivity contribution >= 4 is 11.9 Å². The number of rotatable bonds is 10. The molecule has 6 nitrogen and oxygen atoms in total. The summed E-state index contributed by atoms with van der Waals surface area (Å²) in [6, 6.07) is 14.5. The standard InChI is InChI=1S/C22H27NO5/c1-22(2,15-28-14-16-7-5-4-6-8-16)21(26)23-12-11-17-9-10-18(20(24)25)13-19(17)27-3/h4-10,13H,11-12,14-15H2,1-3H3,(H,23,26)(H,24,25). The minimum atomic E-state index is -1.00. The van der Waals surface area contributed by atoms with Crippen LogP contribution < -0.4 is 10.1 Å². The Morgan fingerprint density at radius 2 is 1.82 bits per heavy atom. The van der Waals surface area contributed by atoms with Crippen molar-refractivity contribution in [1.82, 2.24) is 5.32 Å². The second kappa shape index (κ2) is 9.90. The highest BCUT2D eigenvalue weighted by atomic mass is 16.5. The minimum Gasteiger partial charge on any atom is -0.496 e. The highest BCUT2D eigenvalue weighted by Gasteiger charge is 2.27. The summed E-state index contributed by atoms with van der Waals surface area (Å²) < 4.78 is 11.0. The van der Waals surface area contributed by atoms with E-state index in [1.807, 2.05) is 44.2 Å². The van der Waals surface area contributed by atoms with Gasteiger partial charge in [0.15, 0.2) is 0 Å². The third-order valence-electron chi connectivity index (χ3n) is 4.40. The summed E-state index contributed by atoms with van der Waals surface area (Å²) in [4.78, 5) is 23.5. The first-order valence-electron chi connectivity index (χ1n) is 9.13. The fraction of sp³-hybridized carbons (Fsp3) is 0.364. The highest BCUT2D eigenvalue weighted by Crippen LogP contribution is 2.21. The molecule has 28 heavy (non-hydrogen) atoms. The zero-order valence-electron chi connectivity index (χ0n) is 16.5. The van der Waals surface area contributed by atoms with Gasteiger partial charge in [-0.15, -0.1) is 0 Å². The highest BCUT2D eigenvalue weighted by molar-refractivity contribution is 5.88. The summed E-state index contributed by atoms with van der Waals surface area (Å²) in [6.07, 6.45) is 0.537. The molecule has 0 aromatic heterocycles. The van der Waals surface area contributed by atoms with Gasteiger partial charge in [0.05, 0.1) is 31.3 Å². The molecule has 150 valence electrons. The fourth-order valence-corrected chi connectivity index (χ4v) is 2.70. The molecule has 0 aliphatic heterocycles. The lowest BCUT2D eigenvalue weighted by Crippen LogP contribution is -2.40. The molecule has 0 unspecified atom stereocenters. The number of ether oxygens (including phenoxy) is 2. The van der Waals surface area contributed by atoms with E-state index in [2.05, 4.69) is 5.32 Å². The first kappa shape index (κ1) is 21.4. The van der Waals surface area contributed by atoms with Crippen LogP contribution in [0.3, 0.4) is 0 Å². The molecule has 0 aliphatic rings. The number of carbonyl (C=O) groups excluding carboxylic acids is 1. The first-order chi connectivity index (χ1) is 13.3. The van der Waals surface area contributed by atoms with Gasteiger partial charge < -0.3 is 19.9 Å². The summed E-state index contributed by atoms with van der Waals surface area (Å²) in [5.41, 5.74) is 1.41.